The second-order valence-corrected chi connectivity index (χ2v) is 8.47. The Kier molecular flexibility index (Phi) is 6.84. The molecule has 8 heteroatoms. The van der Waals surface area contributed by atoms with E-state index in [0.717, 1.165) is 18.0 Å². The van der Waals surface area contributed by atoms with Crippen LogP contribution in [0.5, 0.6) is 0 Å². The van der Waals surface area contributed by atoms with Crippen molar-refractivity contribution in [3.05, 3.63) is 76.3 Å². The summed E-state index contributed by atoms with van der Waals surface area (Å²) in [7, 11) is 0. The highest BCUT2D eigenvalue weighted by Crippen LogP contribution is 2.34. The Labute approximate surface area is 185 Å². The second kappa shape index (κ2) is 9.36. The fraction of sp³-hybridized carbons (Fsp3) is 0.273. The van der Waals surface area contributed by atoms with Crippen LogP contribution in [0.4, 0.5) is 5.69 Å². The van der Waals surface area contributed by atoms with Gasteiger partial charge in [0.1, 0.15) is 6.04 Å². The van der Waals surface area contributed by atoms with Crippen LogP contribution in [-0.4, -0.2) is 26.9 Å². The lowest BCUT2D eigenvalue weighted by atomic mass is 9.98. The van der Waals surface area contributed by atoms with Gasteiger partial charge in [0, 0.05) is 10.9 Å². The third kappa shape index (κ3) is 4.86. The number of nitrogens with one attached hydrogen (secondary N) is 1. The van der Waals surface area contributed by atoms with E-state index in [9.17, 15) is 9.59 Å². The summed E-state index contributed by atoms with van der Waals surface area (Å²) in [6, 6.07) is 15.2. The van der Waals surface area contributed by atoms with Crippen molar-refractivity contribution in [1.82, 2.24) is 14.9 Å². The van der Waals surface area contributed by atoms with E-state index in [-0.39, 0.29) is 11.6 Å². The first-order chi connectivity index (χ1) is 14.3. The molecule has 156 valence electrons. The van der Waals surface area contributed by atoms with Crippen molar-refractivity contribution in [3.8, 4) is 0 Å². The zero-order chi connectivity index (χ0) is 21.7. The molecule has 1 heterocycles. The molecule has 2 aromatic carbocycles. The van der Waals surface area contributed by atoms with Crippen LogP contribution < -0.4 is 10.2 Å². The maximum absolute atomic E-state index is 13.5. The molecule has 0 radical (unpaired) electrons. The zero-order valence-corrected chi connectivity index (χ0v) is 18.6. The van der Waals surface area contributed by atoms with Crippen LogP contribution in [0, 0.1) is 0 Å². The molecule has 30 heavy (non-hydrogen) atoms. The third-order valence-corrected chi connectivity index (χ3v) is 5.70. The summed E-state index contributed by atoms with van der Waals surface area (Å²) in [5, 5.41) is 8.90. The summed E-state index contributed by atoms with van der Waals surface area (Å²) in [4.78, 5) is 28.4. The molecule has 0 saturated heterocycles. The Bertz CT molecular complexity index is 1010. The predicted octanol–water partition coefficient (Wildman–Crippen LogP) is 4.88. The van der Waals surface area contributed by atoms with Crippen molar-refractivity contribution in [2.24, 2.45) is 0 Å². The van der Waals surface area contributed by atoms with Crippen molar-refractivity contribution < 1.29 is 9.59 Å². The monoisotopic (exact) mass is 442 g/mol. The molecule has 1 atom stereocenters. The number of hydrogen-bond acceptors (Lipinski definition) is 5. The Balaban J connectivity index is 2.17. The maximum Gasteiger partial charge on any atom is 0.280 e. The Hall–Kier alpha value is -2.77. The van der Waals surface area contributed by atoms with Gasteiger partial charge in [-0.05, 0) is 49.5 Å². The molecular weight excluding hydrogens is 420 g/mol. The molecule has 6 nitrogen and oxygen atoms in total. The number of carbonyl (C=O) groups is 2. The summed E-state index contributed by atoms with van der Waals surface area (Å²) in [5.74, 6) is -0.750. The number of benzene rings is 2. The molecule has 0 aliphatic heterocycles. The van der Waals surface area contributed by atoms with Gasteiger partial charge in [0.05, 0.1) is 10.7 Å². The minimum atomic E-state index is -0.939. The fourth-order valence-corrected chi connectivity index (χ4v) is 3.59. The van der Waals surface area contributed by atoms with Crippen LogP contribution in [0.1, 0.15) is 49.3 Å². The Morgan fingerprint density at radius 1 is 1.13 bits per heavy atom. The first kappa shape index (κ1) is 21.9. The van der Waals surface area contributed by atoms with E-state index in [1.165, 1.54) is 4.90 Å². The molecule has 0 aliphatic carbocycles. The number of nitrogens with zero attached hydrogens (tertiary/aromatic N) is 3. The van der Waals surface area contributed by atoms with Crippen molar-refractivity contribution in [2.75, 3.05) is 4.90 Å². The largest absolute Gasteiger partial charge is 0.349 e. The van der Waals surface area contributed by atoms with Crippen molar-refractivity contribution >= 4 is 40.6 Å². The number of hydrogen-bond donors (Lipinski definition) is 1. The number of rotatable bonds is 7. The van der Waals surface area contributed by atoms with E-state index in [0.29, 0.717) is 16.3 Å². The van der Waals surface area contributed by atoms with E-state index in [2.05, 4.69) is 14.9 Å². The van der Waals surface area contributed by atoms with E-state index >= 15 is 0 Å². The molecule has 0 fully saturated rings. The van der Waals surface area contributed by atoms with Crippen LogP contribution >= 0.6 is 23.1 Å². The number of carbonyl (C=O) groups excluding carboxylic acids is 2. The maximum atomic E-state index is 13.5. The summed E-state index contributed by atoms with van der Waals surface area (Å²) in [5.41, 5.74) is 0.804. The standard InChI is InChI=1S/C22H23ClN4O2S/c1-4-22(2,3)24-20(28)19(15-10-6-5-7-11-15)27(18-13-9-8-12-16(18)23)21(29)17-14-30-26-25-17/h5-14,19H,4H2,1-3H3,(H,24,28)/t19-/m0/s1. The smallest absolute Gasteiger partial charge is 0.280 e. The van der Waals surface area contributed by atoms with Gasteiger partial charge in [-0.1, -0.05) is 65.5 Å². The van der Waals surface area contributed by atoms with Gasteiger partial charge in [-0.25, -0.2) is 0 Å². The molecule has 0 aliphatic rings. The lowest BCUT2D eigenvalue weighted by molar-refractivity contribution is -0.124. The van der Waals surface area contributed by atoms with Crippen LogP contribution in [0.2, 0.25) is 5.02 Å². The van der Waals surface area contributed by atoms with Gasteiger partial charge in [-0.2, -0.15) is 0 Å². The van der Waals surface area contributed by atoms with Gasteiger partial charge in [0.15, 0.2) is 5.69 Å². The summed E-state index contributed by atoms with van der Waals surface area (Å²) in [6.07, 6.45) is 0.732. The number of halogens is 1. The van der Waals surface area contributed by atoms with E-state index in [4.69, 9.17) is 11.6 Å². The first-order valence-electron chi connectivity index (χ1n) is 9.56. The van der Waals surface area contributed by atoms with Crippen molar-refractivity contribution in [3.63, 3.8) is 0 Å². The second-order valence-electron chi connectivity index (χ2n) is 7.46. The van der Waals surface area contributed by atoms with E-state index in [1.54, 1.807) is 29.6 Å². The van der Waals surface area contributed by atoms with E-state index in [1.807, 2.05) is 51.1 Å². The molecule has 1 N–H and O–H groups in total. The van der Waals surface area contributed by atoms with Crippen molar-refractivity contribution in [2.45, 2.75) is 38.8 Å². The zero-order valence-electron chi connectivity index (χ0n) is 17.0. The van der Waals surface area contributed by atoms with Gasteiger partial charge in [0.25, 0.3) is 5.91 Å². The highest BCUT2D eigenvalue weighted by Gasteiger charge is 2.36. The van der Waals surface area contributed by atoms with Crippen LogP contribution in [0.3, 0.4) is 0 Å². The third-order valence-electron chi connectivity index (χ3n) is 4.88. The molecule has 3 rings (SSSR count). The van der Waals surface area contributed by atoms with Gasteiger partial charge >= 0.3 is 0 Å². The highest BCUT2D eigenvalue weighted by atomic mass is 35.5. The van der Waals surface area contributed by atoms with Crippen molar-refractivity contribution in [1.29, 1.82) is 0 Å². The lowest BCUT2D eigenvalue weighted by Crippen LogP contribution is -2.50. The molecular formula is C22H23ClN4O2S. The summed E-state index contributed by atoms with van der Waals surface area (Å²) >= 11 is 7.53. The Morgan fingerprint density at radius 2 is 1.80 bits per heavy atom. The molecule has 0 unspecified atom stereocenters. The van der Waals surface area contributed by atoms with Crippen LogP contribution in [0.25, 0.3) is 0 Å². The lowest BCUT2D eigenvalue weighted by Gasteiger charge is -2.34. The topological polar surface area (TPSA) is 75.2 Å². The van der Waals surface area contributed by atoms with Gasteiger partial charge in [-0.15, -0.1) is 5.10 Å². The summed E-state index contributed by atoms with van der Waals surface area (Å²) < 4.78 is 3.80. The van der Waals surface area contributed by atoms with Gasteiger partial charge in [0.2, 0.25) is 5.91 Å². The Morgan fingerprint density at radius 3 is 2.40 bits per heavy atom. The predicted molar refractivity (Wildman–Crippen MR) is 120 cm³/mol. The minimum Gasteiger partial charge on any atom is -0.349 e. The molecule has 0 bridgehead atoms. The highest BCUT2D eigenvalue weighted by molar-refractivity contribution is 7.03. The number of amides is 2. The molecule has 3 aromatic rings. The average molecular weight is 443 g/mol. The normalized spacial score (nSPS) is 12.3. The number of aromatic nitrogens is 2. The average Bonchev–Trinajstić information content (AvgIpc) is 3.27. The van der Waals surface area contributed by atoms with Gasteiger partial charge < -0.3 is 5.32 Å². The van der Waals surface area contributed by atoms with Crippen LogP contribution in [0.15, 0.2) is 60.0 Å². The molecule has 0 spiro atoms. The number of para-hydroxylation sites is 1. The molecule has 1 aromatic heterocycles. The molecule has 0 saturated carbocycles. The van der Waals surface area contributed by atoms with Gasteiger partial charge in [-0.3, -0.25) is 14.5 Å². The number of anilines is 1. The fourth-order valence-electron chi connectivity index (χ4n) is 2.94. The molecule has 2 amide bonds. The first-order valence-corrected chi connectivity index (χ1v) is 10.8. The SMILES string of the molecule is CCC(C)(C)NC(=O)[C@H](c1ccccc1)N(C(=O)c1csnn1)c1ccccc1Cl. The van der Waals surface area contributed by atoms with Crippen LogP contribution in [-0.2, 0) is 4.79 Å². The quantitative estimate of drug-likeness (QED) is 0.565. The minimum absolute atomic E-state index is 0.156. The van der Waals surface area contributed by atoms with E-state index < -0.39 is 17.5 Å². The summed E-state index contributed by atoms with van der Waals surface area (Å²) in [6.45, 7) is 5.88.